The van der Waals surface area contributed by atoms with Crippen molar-refractivity contribution >= 4 is 17.6 Å². The molecule has 0 aliphatic carbocycles. The van der Waals surface area contributed by atoms with Gasteiger partial charge >= 0.3 is 5.97 Å². The number of hydrogen-bond donors (Lipinski definition) is 1. The number of rotatable bonds is 3. The van der Waals surface area contributed by atoms with Gasteiger partial charge in [-0.05, 0) is 23.3 Å². The van der Waals surface area contributed by atoms with Gasteiger partial charge in [-0.2, -0.15) is 0 Å². The molecule has 118 valence electrons. The number of carbonyl (C=O) groups is 2. The lowest BCUT2D eigenvalue weighted by molar-refractivity contribution is -0.138. The third kappa shape index (κ3) is 2.79. The van der Waals surface area contributed by atoms with E-state index in [0.717, 1.165) is 12.1 Å². The van der Waals surface area contributed by atoms with Crippen LogP contribution < -0.4 is 4.90 Å². The van der Waals surface area contributed by atoms with Gasteiger partial charge in [-0.25, -0.2) is 8.78 Å². The van der Waals surface area contributed by atoms with Gasteiger partial charge in [0.15, 0.2) is 0 Å². The van der Waals surface area contributed by atoms with Crippen LogP contribution in [0.25, 0.3) is 0 Å². The Balaban J connectivity index is 1.87. The Kier molecular flexibility index (Phi) is 3.82. The van der Waals surface area contributed by atoms with Gasteiger partial charge in [0, 0.05) is 18.3 Å². The molecular formula is C17H13F2NO3. The van der Waals surface area contributed by atoms with Gasteiger partial charge in [-0.1, -0.05) is 24.3 Å². The highest BCUT2D eigenvalue weighted by atomic mass is 19.1. The lowest BCUT2D eigenvalue weighted by atomic mass is 10.0. The van der Waals surface area contributed by atoms with Crippen LogP contribution in [-0.2, 0) is 16.0 Å². The molecule has 1 aliphatic rings. The summed E-state index contributed by atoms with van der Waals surface area (Å²) in [6, 6.07) is 9.78. The van der Waals surface area contributed by atoms with Gasteiger partial charge in [0.1, 0.15) is 17.6 Å². The zero-order valence-corrected chi connectivity index (χ0v) is 12.0. The van der Waals surface area contributed by atoms with Crippen molar-refractivity contribution < 1.29 is 23.5 Å². The fourth-order valence-electron chi connectivity index (χ4n) is 2.78. The second-order valence-electron chi connectivity index (χ2n) is 5.37. The molecule has 2 aromatic carbocycles. The monoisotopic (exact) mass is 317 g/mol. The van der Waals surface area contributed by atoms with Crippen LogP contribution in [0.5, 0.6) is 0 Å². The van der Waals surface area contributed by atoms with E-state index in [2.05, 4.69) is 0 Å². The number of carboxylic acids is 1. The number of aliphatic carboxylic acids is 1. The molecule has 0 spiro atoms. The first-order valence-electron chi connectivity index (χ1n) is 7.03. The quantitative estimate of drug-likeness (QED) is 0.947. The fourth-order valence-corrected chi connectivity index (χ4v) is 2.78. The smallest absolute Gasteiger partial charge is 0.312 e. The maximum Gasteiger partial charge on any atom is 0.312 e. The summed E-state index contributed by atoms with van der Waals surface area (Å²) in [5.74, 6) is -3.74. The molecule has 1 heterocycles. The van der Waals surface area contributed by atoms with Crippen LogP contribution in [0.4, 0.5) is 14.5 Å². The van der Waals surface area contributed by atoms with Crippen LogP contribution in [-0.4, -0.2) is 23.5 Å². The molecular weight excluding hydrogens is 304 g/mol. The molecule has 0 radical (unpaired) electrons. The predicted molar refractivity (Wildman–Crippen MR) is 79.2 cm³/mol. The van der Waals surface area contributed by atoms with E-state index in [1.165, 1.54) is 11.0 Å². The molecule has 6 heteroatoms. The molecule has 1 atom stereocenters. The van der Waals surface area contributed by atoms with Crippen molar-refractivity contribution in [2.24, 2.45) is 0 Å². The summed E-state index contributed by atoms with van der Waals surface area (Å²) in [4.78, 5) is 25.1. The maximum absolute atomic E-state index is 13.7. The van der Waals surface area contributed by atoms with Crippen molar-refractivity contribution in [2.75, 3.05) is 11.4 Å². The average Bonchev–Trinajstić information content (AvgIpc) is 2.90. The third-order valence-electron chi connectivity index (χ3n) is 3.92. The van der Waals surface area contributed by atoms with E-state index in [1.807, 2.05) is 0 Å². The molecule has 23 heavy (non-hydrogen) atoms. The van der Waals surface area contributed by atoms with E-state index in [4.69, 9.17) is 0 Å². The molecule has 1 N–H and O–H groups in total. The molecule has 1 unspecified atom stereocenters. The van der Waals surface area contributed by atoms with Crippen LogP contribution in [0, 0.1) is 11.6 Å². The number of amides is 1. The van der Waals surface area contributed by atoms with Gasteiger partial charge in [-0.15, -0.1) is 0 Å². The summed E-state index contributed by atoms with van der Waals surface area (Å²) in [6.07, 6.45) is -0.257. The molecule has 3 rings (SSSR count). The zero-order chi connectivity index (χ0) is 16.6. The first-order valence-corrected chi connectivity index (χ1v) is 7.03. The first-order chi connectivity index (χ1) is 11.0. The Bertz CT molecular complexity index is 791. The molecule has 2 aromatic rings. The molecule has 1 aliphatic heterocycles. The second kappa shape index (κ2) is 5.79. The Morgan fingerprint density at radius 2 is 1.91 bits per heavy atom. The highest BCUT2D eigenvalue weighted by Crippen LogP contribution is 2.36. The fraction of sp³-hybridized carbons (Fsp3) is 0.176. The van der Waals surface area contributed by atoms with E-state index in [1.54, 1.807) is 24.3 Å². The summed E-state index contributed by atoms with van der Waals surface area (Å²) < 4.78 is 26.6. The number of hydrogen-bond acceptors (Lipinski definition) is 2. The van der Waals surface area contributed by atoms with Gasteiger partial charge in [-0.3, -0.25) is 9.59 Å². The van der Waals surface area contributed by atoms with Crippen molar-refractivity contribution in [3.63, 3.8) is 0 Å². The summed E-state index contributed by atoms with van der Waals surface area (Å²) in [5, 5.41) is 9.28. The first kappa shape index (κ1) is 15.1. The number of nitrogens with zero attached hydrogens (tertiary/aromatic N) is 1. The van der Waals surface area contributed by atoms with Crippen molar-refractivity contribution in [2.45, 2.75) is 12.3 Å². The minimum absolute atomic E-state index is 0.0102. The standard InChI is InChI=1S/C17H13F2NO3/c18-11-6-5-10(14(19)8-11)7-16(21)20-9-13(17(22)23)12-3-1-2-4-15(12)20/h1-6,8,13H,7,9H2,(H,22,23). The van der Waals surface area contributed by atoms with Crippen LogP contribution in [0.3, 0.4) is 0 Å². The minimum atomic E-state index is -1.01. The van der Waals surface area contributed by atoms with E-state index >= 15 is 0 Å². The van der Waals surface area contributed by atoms with E-state index < -0.39 is 29.4 Å². The molecule has 0 saturated heterocycles. The van der Waals surface area contributed by atoms with Gasteiger partial charge in [0.25, 0.3) is 0 Å². The number of carbonyl (C=O) groups excluding carboxylic acids is 1. The number of para-hydroxylation sites is 1. The van der Waals surface area contributed by atoms with Crippen molar-refractivity contribution in [1.82, 2.24) is 0 Å². The number of benzene rings is 2. The summed E-state index contributed by atoms with van der Waals surface area (Å²) >= 11 is 0. The summed E-state index contributed by atoms with van der Waals surface area (Å²) in [5.41, 5.74) is 1.16. The summed E-state index contributed by atoms with van der Waals surface area (Å²) in [7, 11) is 0. The SMILES string of the molecule is O=C(O)C1CN(C(=O)Cc2ccc(F)cc2F)c2ccccc21. The maximum atomic E-state index is 13.7. The summed E-state index contributed by atoms with van der Waals surface area (Å²) in [6.45, 7) is 0.0102. The molecule has 0 fully saturated rings. The highest BCUT2D eigenvalue weighted by Gasteiger charge is 2.36. The Morgan fingerprint density at radius 1 is 1.17 bits per heavy atom. The normalized spacial score (nSPS) is 16.3. The van der Waals surface area contributed by atoms with Gasteiger partial charge in [0.2, 0.25) is 5.91 Å². The molecule has 0 bridgehead atoms. The van der Waals surface area contributed by atoms with E-state index in [9.17, 15) is 23.5 Å². The zero-order valence-electron chi connectivity index (χ0n) is 12.0. The Hall–Kier alpha value is -2.76. The lowest BCUT2D eigenvalue weighted by Gasteiger charge is -2.17. The van der Waals surface area contributed by atoms with E-state index in [-0.39, 0.29) is 18.5 Å². The number of carboxylic acid groups (broad SMARTS) is 1. The largest absolute Gasteiger partial charge is 0.481 e. The van der Waals surface area contributed by atoms with Crippen molar-refractivity contribution in [3.8, 4) is 0 Å². The second-order valence-corrected chi connectivity index (χ2v) is 5.37. The Morgan fingerprint density at radius 3 is 2.61 bits per heavy atom. The molecule has 4 nitrogen and oxygen atoms in total. The molecule has 1 amide bonds. The molecule has 0 saturated carbocycles. The number of halogens is 2. The van der Waals surface area contributed by atoms with Crippen molar-refractivity contribution in [1.29, 1.82) is 0 Å². The lowest BCUT2D eigenvalue weighted by Crippen LogP contribution is -2.32. The van der Waals surface area contributed by atoms with Crippen LogP contribution in [0.1, 0.15) is 17.0 Å². The van der Waals surface area contributed by atoms with Gasteiger partial charge in [0.05, 0.1) is 6.42 Å². The third-order valence-corrected chi connectivity index (χ3v) is 3.92. The van der Waals surface area contributed by atoms with Crippen LogP contribution in [0.15, 0.2) is 42.5 Å². The highest BCUT2D eigenvalue weighted by molar-refractivity contribution is 5.99. The topological polar surface area (TPSA) is 57.6 Å². The Labute approximate surface area is 131 Å². The minimum Gasteiger partial charge on any atom is -0.481 e. The predicted octanol–water partition coefficient (Wildman–Crippen LogP) is 2.72. The number of anilines is 1. The average molecular weight is 317 g/mol. The van der Waals surface area contributed by atoms with Crippen LogP contribution in [0.2, 0.25) is 0 Å². The van der Waals surface area contributed by atoms with Crippen molar-refractivity contribution in [3.05, 3.63) is 65.2 Å². The van der Waals surface area contributed by atoms with Gasteiger partial charge < -0.3 is 10.0 Å². The van der Waals surface area contributed by atoms with Crippen LogP contribution >= 0.6 is 0 Å². The number of fused-ring (bicyclic) bond motifs is 1. The molecule has 0 aromatic heterocycles. The van der Waals surface area contributed by atoms with E-state index in [0.29, 0.717) is 11.3 Å².